The number of nitrogens with zero attached hydrogens (tertiary/aromatic N) is 3. The van der Waals surface area contributed by atoms with Gasteiger partial charge in [0.15, 0.2) is 5.96 Å². The Morgan fingerprint density at radius 3 is 2.72 bits per heavy atom. The molecule has 0 aliphatic heterocycles. The van der Waals surface area contributed by atoms with Crippen LogP contribution in [0.15, 0.2) is 41.5 Å². The molecule has 2 rings (SSSR count). The van der Waals surface area contributed by atoms with E-state index in [1.54, 1.807) is 6.20 Å². The number of guanidine groups is 1. The van der Waals surface area contributed by atoms with Crippen LogP contribution in [0.1, 0.15) is 19.5 Å². The van der Waals surface area contributed by atoms with Crippen LogP contribution in [-0.2, 0) is 13.6 Å². The van der Waals surface area contributed by atoms with E-state index in [9.17, 15) is 0 Å². The molecular formula is C17H25ClIN5O. The summed E-state index contributed by atoms with van der Waals surface area (Å²) in [5, 5.41) is 11.3. The second-order valence-corrected chi connectivity index (χ2v) is 5.79. The maximum atomic E-state index is 6.11. The Balaban J connectivity index is 0.00000312. The van der Waals surface area contributed by atoms with Crippen molar-refractivity contribution in [1.29, 1.82) is 0 Å². The molecule has 0 amide bonds. The highest BCUT2D eigenvalue weighted by atomic mass is 127. The predicted octanol–water partition coefficient (Wildman–Crippen LogP) is 3.21. The number of hydrogen-bond acceptors (Lipinski definition) is 3. The van der Waals surface area contributed by atoms with Gasteiger partial charge in [-0.15, -0.1) is 24.0 Å². The summed E-state index contributed by atoms with van der Waals surface area (Å²) in [5.41, 5.74) is 1.05. The molecule has 0 fully saturated rings. The Hall–Kier alpha value is -1.48. The lowest BCUT2D eigenvalue weighted by Crippen LogP contribution is -2.41. The zero-order chi connectivity index (χ0) is 17.4. The minimum Gasteiger partial charge on any atom is -0.487 e. The van der Waals surface area contributed by atoms with Gasteiger partial charge in [-0.2, -0.15) is 5.10 Å². The normalized spacial score (nSPS) is 12.2. The molecule has 1 unspecified atom stereocenters. The third kappa shape index (κ3) is 7.11. The molecule has 138 valence electrons. The van der Waals surface area contributed by atoms with E-state index in [0.717, 1.165) is 18.2 Å². The lowest BCUT2D eigenvalue weighted by molar-refractivity contribution is 0.224. The third-order valence-electron chi connectivity index (χ3n) is 3.39. The number of benzene rings is 1. The first-order valence-corrected chi connectivity index (χ1v) is 8.38. The molecule has 0 radical (unpaired) electrons. The maximum absolute atomic E-state index is 6.11. The minimum atomic E-state index is -0.0505. The monoisotopic (exact) mass is 477 g/mol. The van der Waals surface area contributed by atoms with Gasteiger partial charge in [-0.3, -0.25) is 4.68 Å². The molecule has 1 aromatic heterocycles. The first-order valence-electron chi connectivity index (χ1n) is 8.00. The van der Waals surface area contributed by atoms with E-state index in [-0.39, 0.29) is 30.1 Å². The number of nitrogens with one attached hydrogen (secondary N) is 2. The number of halogens is 2. The lowest BCUT2D eigenvalue weighted by atomic mass is 10.3. The summed E-state index contributed by atoms with van der Waals surface area (Å²) < 4.78 is 7.67. The average Bonchev–Trinajstić information content (AvgIpc) is 2.97. The Labute approximate surface area is 171 Å². The van der Waals surface area contributed by atoms with E-state index in [4.69, 9.17) is 16.3 Å². The largest absolute Gasteiger partial charge is 0.487 e. The molecule has 0 saturated heterocycles. The summed E-state index contributed by atoms with van der Waals surface area (Å²) >= 11 is 6.11. The van der Waals surface area contributed by atoms with E-state index >= 15 is 0 Å². The van der Waals surface area contributed by atoms with Gasteiger partial charge in [0.1, 0.15) is 11.9 Å². The Kier molecular flexibility index (Phi) is 9.66. The molecule has 0 saturated carbocycles. The van der Waals surface area contributed by atoms with Gasteiger partial charge in [0.05, 0.1) is 23.8 Å². The number of aromatic nitrogens is 2. The number of ether oxygens (including phenoxy) is 1. The SMILES string of the molecule is CCNC(=NCc1ccnn1C)NCC(C)Oc1ccccc1Cl.I. The summed E-state index contributed by atoms with van der Waals surface area (Å²) in [6, 6.07) is 9.42. The predicted molar refractivity (Wildman–Crippen MR) is 113 cm³/mol. The zero-order valence-corrected chi connectivity index (χ0v) is 17.8. The van der Waals surface area contributed by atoms with Gasteiger partial charge in [-0.05, 0) is 32.0 Å². The van der Waals surface area contributed by atoms with Gasteiger partial charge >= 0.3 is 0 Å². The van der Waals surface area contributed by atoms with E-state index in [1.165, 1.54) is 0 Å². The van der Waals surface area contributed by atoms with Crippen molar-refractivity contribution in [2.45, 2.75) is 26.5 Å². The Morgan fingerprint density at radius 2 is 2.08 bits per heavy atom. The highest BCUT2D eigenvalue weighted by molar-refractivity contribution is 14.0. The van der Waals surface area contributed by atoms with E-state index in [0.29, 0.717) is 23.9 Å². The highest BCUT2D eigenvalue weighted by Gasteiger charge is 2.08. The van der Waals surface area contributed by atoms with Crippen molar-refractivity contribution < 1.29 is 4.74 Å². The van der Waals surface area contributed by atoms with Crippen molar-refractivity contribution in [3.63, 3.8) is 0 Å². The molecule has 0 spiro atoms. The van der Waals surface area contributed by atoms with Crippen molar-refractivity contribution >= 4 is 41.5 Å². The molecule has 0 aliphatic rings. The number of para-hydroxylation sites is 1. The Morgan fingerprint density at radius 1 is 1.32 bits per heavy atom. The van der Waals surface area contributed by atoms with E-state index < -0.39 is 0 Å². The molecule has 0 aliphatic carbocycles. The number of rotatable bonds is 7. The first-order chi connectivity index (χ1) is 11.6. The summed E-state index contributed by atoms with van der Waals surface area (Å²) in [4.78, 5) is 4.57. The van der Waals surface area contributed by atoms with Gasteiger partial charge in [0, 0.05) is 19.8 Å². The molecule has 1 aromatic carbocycles. The molecule has 25 heavy (non-hydrogen) atoms. The molecular weight excluding hydrogens is 453 g/mol. The molecule has 6 nitrogen and oxygen atoms in total. The topological polar surface area (TPSA) is 63.5 Å². The van der Waals surface area contributed by atoms with E-state index in [1.807, 2.05) is 55.9 Å². The van der Waals surface area contributed by atoms with Gasteiger partial charge in [-0.1, -0.05) is 23.7 Å². The molecule has 1 atom stereocenters. The maximum Gasteiger partial charge on any atom is 0.191 e. The van der Waals surface area contributed by atoms with Crippen molar-refractivity contribution in [2.75, 3.05) is 13.1 Å². The third-order valence-corrected chi connectivity index (χ3v) is 3.70. The van der Waals surface area contributed by atoms with Crippen LogP contribution in [0.4, 0.5) is 0 Å². The van der Waals surface area contributed by atoms with Crippen LogP contribution in [0.3, 0.4) is 0 Å². The van der Waals surface area contributed by atoms with Crippen LogP contribution >= 0.6 is 35.6 Å². The molecule has 0 bridgehead atoms. The average molecular weight is 478 g/mol. The Bertz CT molecular complexity index is 677. The summed E-state index contributed by atoms with van der Waals surface area (Å²) in [6.45, 7) is 5.98. The second kappa shape index (κ2) is 11.2. The highest BCUT2D eigenvalue weighted by Crippen LogP contribution is 2.23. The molecule has 8 heteroatoms. The molecule has 2 N–H and O–H groups in total. The quantitative estimate of drug-likeness (QED) is 0.365. The van der Waals surface area contributed by atoms with Crippen molar-refractivity contribution in [3.8, 4) is 5.75 Å². The van der Waals surface area contributed by atoms with Gasteiger partial charge < -0.3 is 15.4 Å². The fourth-order valence-electron chi connectivity index (χ4n) is 2.10. The smallest absolute Gasteiger partial charge is 0.191 e. The zero-order valence-electron chi connectivity index (χ0n) is 14.7. The van der Waals surface area contributed by atoms with E-state index in [2.05, 4.69) is 20.7 Å². The number of aryl methyl sites for hydroxylation is 1. The lowest BCUT2D eigenvalue weighted by Gasteiger charge is -2.18. The molecule has 2 aromatic rings. The second-order valence-electron chi connectivity index (χ2n) is 5.38. The standard InChI is InChI=1S/C17H24ClN5O.HI/c1-4-19-17(21-12-14-9-10-22-23(14)3)20-11-13(2)24-16-8-6-5-7-15(16)18;/h5-10,13H,4,11-12H2,1-3H3,(H2,19,20,21);1H. The number of hydrogen-bond donors (Lipinski definition) is 2. The van der Waals surface area contributed by atoms with Gasteiger partial charge in [0.25, 0.3) is 0 Å². The summed E-state index contributed by atoms with van der Waals surface area (Å²) in [7, 11) is 1.91. The molecule has 1 heterocycles. The number of aliphatic imine (C=N–C) groups is 1. The van der Waals surface area contributed by atoms with Crippen LogP contribution in [-0.4, -0.2) is 34.9 Å². The van der Waals surface area contributed by atoms with Gasteiger partial charge in [-0.25, -0.2) is 4.99 Å². The van der Waals surface area contributed by atoms with Crippen LogP contribution in [0, 0.1) is 0 Å². The van der Waals surface area contributed by atoms with Gasteiger partial charge in [0.2, 0.25) is 0 Å². The summed E-state index contributed by atoms with van der Waals surface area (Å²) in [5.74, 6) is 1.43. The summed E-state index contributed by atoms with van der Waals surface area (Å²) in [6.07, 6.45) is 1.72. The van der Waals surface area contributed by atoms with Crippen molar-refractivity contribution in [3.05, 3.63) is 47.2 Å². The minimum absolute atomic E-state index is 0. The van der Waals surface area contributed by atoms with Crippen molar-refractivity contribution in [2.24, 2.45) is 12.0 Å². The van der Waals surface area contributed by atoms with Crippen LogP contribution in [0.5, 0.6) is 5.75 Å². The van der Waals surface area contributed by atoms with Crippen LogP contribution < -0.4 is 15.4 Å². The fraction of sp³-hybridized carbons (Fsp3) is 0.412. The first kappa shape index (κ1) is 21.6. The van der Waals surface area contributed by atoms with Crippen LogP contribution in [0.2, 0.25) is 5.02 Å². The van der Waals surface area contributed by atoms with Crippen molar-refractivity contribution in [1.82, 2.24) is 20.4 Å². The fourth-order valence-corrected chi connectivity index (χ4v) is 2.28. The van der Waals surface area contributed by atoms with Crippen LogP contribution in [0.25, 0.3) is 0 Å².